The first-order valence-electron chi connectivity index (χ1n) is 10.4. The number of aryl methyl sites for hydroxylation is 2. The molecule has 2 rings (SSSR count). The summed E-state index contributed by atoms with van der Waals surface area (Å²) in [5, 5.41) is 6.12. The number of hydrogen-bond donors (Lipinski definition) is 2. The van der Waals surface area contributed by atoms with E-state index in [-0.39, 0.29) is 23.8 Å². The van der Waals surface area contributed by atoms with E-state index in [2.05, 4.69) is 15.5 Å². The highest BCUT2D eigenvalue weighted by atomic mass is 32.2. The molecule has 0 heterocycles. The van der Waals surface area contributed by atoms with Crippen LogP contribution in [0.1, 0.15) is 17.5 Å². The van der Waals surface area contributed by atoms with Gasteiger partial charge in [-0.05, 0) is 75.5 Å². The number of carbonyl (C=O) groups excluding carboxylic acids is 1. The largest absolute Gasteiger partial charge is 0.497 e. The average molecular weight is 463 g/mol. The topological polar surface area (TPSA) is 91.0 Å². The van der Waals surface area contributed by atoms with Crippen molar-refractivity contribution in [1.29, 1.82) is 0 Å². The summed E-state index contributed by atoms with van der Waals surface area (Å²) < 4.78 is 32.5. The van der Waals surface area contributed by atoms with Gasteiger partial charge in [-0.25, -0.2) is 12.7 Å². The third kappa shape index (κ3) is 6.94. The zero-order chi connectivity index (χ0) is 23.9. The first-order chi connectivity index (χ1) is 15.0. The van der Waals surface area contributed by atoms with E-state index in [1.165, 1.54) is 11.4 Å². The fraction of sp³-hybridized carbons (Fsp3) is 0.435. The van der Waals surface area contributed by atoms with Crippen molar-refractivity contribution in [2.75, 3.05) is 58.5 Å². The van der Waals surface area contributed by atoms with E-state index in [0.717, 1.165) is 18.8 Å². The molecule has 9 heteroatoms. The van der Waals surface area contributed by atoms with Crippen LogP contribution in [0.15, 0.2) is 41.3 Å². The number of amides is 1. The molecule has 0 aliphatic heterocycles. The van der Waals surface area contributed by atoms with Crippen LogP contribution in [0.3, 0.4) is 0 Å². The number of anilines is 2. The summed E-state index contributed by atoms with van der Waals surface area (Å²) in [7, 11) is 3.33. The van der Waals surface area contributed by atoms with Gasteiger partial charge in [-0.3, -0.25) is 4.79 Å². The third-order valence-corrected chi connectivity index (χ3v) is 7.21. The summed E-state index contributed by atoms with van der Waals surface area (Å²) in [5.41, 5.74) is 2.86. The molecule has 0 spiro atoms. The lowest BCUT2D eigenvalue weighted by Gasteiger charge is -2.20. The maximum atomic E-state index is 13.1. The molecule has 0 unspecified atom stereocenters. The molecule has 2 aromatic rings. The van der Waals surface area contributed by atoms with Gasteiger partial charge in [0.15, 0.2) is 0 Å². The van der Waals surface area contributed by atoms with Gasteiger partial charge in [-0.1, -0.05) is 0 Å². The number of carbonyl (C=O) groups is 1. The van der Waals surface area contributed by atoms with Crippen molar-refractivity contribution >= 4 is 27.3 Å². The molecule has 2 aromatic carbocycles. The highest BCUT2D eigenvalue weighted by Crippen LogP contribution is 2.27. The summed E-state index contributed by atoms with van der Waals surface area (Å²) in [5.74, 6) is 0.364. The molecule has 0 bridgehead atoms. The summed E-state index contributed by atoms with van der Waals surface area (Å²) >= 11 is 0. The van der Waals surface area contributed by atoms with Gasteiger partial charge in [-0.2, -0.15) is 0 Å². The van der Waals surface area contributed by atoms with Gasteiger partial charge < -0.3 is 20.3 Å². The normalized spacial score (nSPS) is 11.6. The Morgan fingerprint density at radius 3 is 2.06 bits per heavy atom. The van der Waals surface area contributed by atoms with Gasteiger partial charge in [0.2, 0.25) is 15.9 Å². The van der Waals surface area contributed by atoms with Crippen molar-refractivity contribution in [3.63, 3.8) is 0 Å². The molecule has 0 aliphatic carbocycles. The highest BCUT2D eigenvalue weighted by molar-refractivity contribution is 7.89. The van der Waals surface area contributed by atoms with E-state index < -0.39 is 10.0 Å². The molecule has 176 valence electrons. The number of hydrogen-bond acceptors (Lipinski definition) is 6. The van der Waals surface area contributed by atoms with Gasteiger partial charge in [-0.15, -0.1) is 0 Å². The van der Waals surface area contributed by atoms with Crippen LogP contribution in [-0.2, 0) is 14.8 Å². The Balaban J connectivity index is 1.93. The molecular formula is C23H34N4O4S. The Labute approximate surface area is 191 Å². The summed E-state index contributed by atoms with van der Waals surface area (Å²) in [6.07, 6.45) is 0.0484. The van der Waals surface area contributed by atoms with Crippen molar-refractivity contribution in [3.05, 3.63) is 47.5 Å². The maximum absolute atomic E-state index is 13.1. The van der Waals surface area contributed by atoms with Crippen LogP contribution >= 0.6 is 0 Å². The van der Waals surface area contributed by atoms with Gasteiger partial charge in [0.1, 0.15) is 5.75 Å². The highest BCUT2D eigenvalue weighted by Gasteiger charge is 2.25. The number of methoxy groups -OCH3 is 1. The van der Waals surface area contributed by atoms with Crippen LogP contribution in [0.25, 0.3) is 0 Å². The Bertz CT molecular complexity index is 998. The fourth-order valence-corrected chi connectivity index (χ4v) is 4.86. The van der Waals surface area contributed by atoms with Gasteiger partial charge in [0.05, 0.1) is 12.0 Å². The van der Waals surface area contributed by atoms with E-state index in [1.807, 2.05) is 38.4 Å². The van der Waals surface area contributed by atoms with Crippen LogP contribution in [0, 0.1) is 13.8 Å². The molecule has 0 saturated carbocycles. The Kier molecular flexibility index (Phi) is 9.06. The molecular weight excluding hydrogens is 428 g/mol. The van der Waals surface area contributed by atoms with Crippen LogP contribution in [0.5, 0.6) is 5.75 Å². The van der Waals surface area contributed by atoms with E-state index in [4.69, 9.17) is 4.74 Å². The van der Waals surface area contributed by atoms with Crippen LogP contribution < -0.4 is 15.4 Å². The van der Waals surface area contributed by atoms with Crippen molar-refractivity contribution < 1.29 is 17.9 Å². The molecule has 2 N–H and O–H groups in total. The Morgan fingerprint density at radius 1 is 0.969 bits per heavy atom. The van der Waals surface area contributed by atoms with Crippen LogP contribution in [-0.4, -0.2) is 71.4 Å². The van der Waals surface area contributed by atoms with E-state index in [0.29, 0.717) is 22.6 Å². The number of benzene rings is 2. The van der Waals surface area contributed by atoms with E-state index in [1.54, 1.807) is 33.1 Å². The fourth-order valence-electron chi connectivity index (χ4n) is 3.29. The van der Waals surface area contributed by atoms with Crippen molar-refractivity contribution in [2.45, 2.75) is 25.2 Å². The van der Waals surface area contributed by atoms with Crippen molar-refractivity contribution in [3.8, 4) is 5.75 Å². The van der Waals surface area contributed by atoms with Gasteiger partial charge in [0, 0.05) is 44.5 Å². The lowest BCUT2D eigenvalue weighted by Crippen LogP contribution is -2.31. The number of nitrogens with zero attached hydrogens (tertiary/aromatic N) is 2. The zero-order valence-electron chi connectivity index (χ0n) is 19.7. The molecule has 0 saturated heterocycles. The first-order valence-corrected chi connectivity index (χ1v) is 11.9. The quantitative estimate of drug-likeness (QED) is 0.534. The number of nitrogens with one attached hydrogen (secondary N) is 2. The minimum absolute atomic E-state index is 0.0484. The Morgan fingerprint density at radius 2 is 1.53 bits per heavy atom. The molecule has 0 fully saturated rings. The smallest absolute Gasteiger partial charge is 0.243 e. The number of sulfonamides is 1. The van der Waals surface area contributed by atoms with Gasteiger partial charge in [0.25, 0.3) is 0 Å². The molecule has 0 aliphatic rings. The summed E-state index contributed by atoms with van der Waals surface area (Å²) in [4.78, 5) is 14.7. The number of likely N-dealkylation sites (N-methyl/N-ethyl adjacent to an activating group) is 1. The second-order valence-corrected chi connectivity index (χ2v) is 10.0. The first kappa shape index (κ1) is 25.6. The van der Waals surface area contributed by atoms with Crippen LogP contribution in [0.4, 0.5) is 11.4 Å². The molecule has 0 aromatic heterocycles. The summed E-state index contributed by atoms with van der Waals surface area (Å²) in [6, 6.07) is 10.8. The van der Waals surface area contributed by atoms with E-state index in [9.17, 15) is 13.2 Å². The predicted molar refractivity (Wildman–Crippen MR) is 129 cm³/mol. The average Bonchev–Trinajstić information content (AvgIpc) is 2.72. The van der Waals surface area contributed by atoms with Gasteiger partial charge >= 0.3 is 0 Å². The lowest BCUT2D eigenvalue weighted by atomic mass is 10.1. The molecule has 8 nitrogen and oxygen atoms in total. The number of ether oxygens (including phenoxy) is 1. The second kappa shape index (κ2) is 11.3. The molecule has 0 atom stereocenters. The molecule has 0 radical (unpaired) electrons. The molecule has 32 heavy (non-hydrogen) atoms. The maximum Gasteiger partial charge on any atom is 0.243 e. The monoisotopic (exact) mass is 462 g/mol. The third-order valence-electron chi connectivity index (χ3n) is 5.05. The van der Waals surface area contributed by atoms with Crippen molar-refractivity contribution in [2.24, 2.45) is 0 Å². The standard InChI is InChI=1S/C23H34N4O4S/c1-17-15-21(31-6)16-18(2)23(17)32(29,30)27(5)13-11-22(28)25-20-9-7-19(8-10-20)24-12-14-26(3)4/h7-10,15-16,24H,11-14H2,1-6H3,(H,25,28). The molecule has 1 amide bonds. The minimum Gasteiger partial charge on any atom is -0.497 e. The zero-order valence-corrected chi connectivity index (χ0v) is 20.5. The summed E-state index contributed by atoms with van der Waals surface area (Å²) in [6.45, 7) is 5.30. The number of rotatable bonds is 11. The predicted octanol–water partition coefficient (Wildman–Crippen LogP) is 2.93. The SMILES string of the molecule is COc1cc(C)c(S(=O)(=O)N(C)CCC(=O)Nc2ccc(NCCN(C)C)cc2)c(C)c1. The Hall–Kier alpha value is -2.62. The minimum atomic E-state index is -3.73. The van der Waals surface area contributed by atoms with Crippen molar-refractivity contribution in [1.82, 2.24) is 9.21 Å². The van der Waals surface area contributed by atoms with E-state index >= 15 is 0 Å². The van der Waals surface area contributed by atoms with Crippen LogP contribution in [0.2, 0.25) is 0 Å². The second-order valence-electron chi connectivity index (χ2n) is 8.02. The lowest BCUT2D eigenvalue weighted by molar-refractivity contribution is -0.116.